The van der Waals surface area contributed by atoms with Crippen LogP contribution in [0.2, 0.25) is 39.3 Å². The molecule has 0 aliphatic carbocycles. The molecule has 1 heterocycles. The Hall–Kier alpha value is 0.608. The second-order valence-corrected chi connectivity index (χ2v) is 20.2. The van der Waals surface area contributed by atoms with E-state index in [1.54, 1.807) is 3.90 Å². The highest BCUT2D eigenvalue weighted by atomic mass is 28.5. The average molecular weight is 285 g/mol. The summed E-state index contributed by atoms with van der Waals surface area (Å²) in [5.41, 5.74) is 0. The number of halogens is 2. The zero-order chi connectivity index (χ0) is 12.1. The van der Waals surface area contributed by atoms with E-state index in [0.29, 0.717) is 0 Å². The first-order valence-corrected chi connectivity index (χ1v) is 15.1. The quantitative estimate of drug-likeness (QED) is 0.565. The fourth-order valence-corrected chi connectivity index (χ4v) is 27.7. The molecular weight excluding hydrogens is 264 g/mol. The lowest BCUT2D eigenvalue weighted by Gasteiger charge is -2.55. The molecule has 0 aromatic rings. The van der Waals surface area contributed by atoms with E-state index in [2.05, 4.69) is 22.4 Å². The van der Waals surface area contributed by atoms with Crippen LogP contribution < -0.4 is 9.30 Å². The number of nitrogens with one attached hydrogen (secondary N) is 2. The summed E-state index contributed by atoms with van der Waals surface area (Å²) >= 11 is 0. The van der Waals surface area contributed by atoms with Gasteiger partial charge >= 0.3 is 9.63 Å². The molecule has 0 unspecified atom stereocenters. The highest BCUT2D eigenvalue weighted by Crippen LogP contribution is 2.25. The summed E-state index contributed by atoms with van der Waals surface area (Å²) in [6.45, 7) is 12.3. The Bertz CT molecular complexity index is 239. The number of hydrogen-bond donors (Lipinski definition) is 2. The van der Waals surface area contributed by atoms with Crippen LogP contribution in [0.3, 0.4) is 0 Å². The van der Waals surface area contributed by atoms with Gasteiger partial charge in [0.05, 0.1) is 0 Å². The van der Waals surface area contributed by atoms with Crippen LogP contribution in [0.5, 0.6) is 0 Å². The first kappa shape index (κ1) is 13.7. The van der Waals surface area contributed by atoms with Crippen LogP contribution in [-0.4, -0.2) is 38.7 Å². The number of rotatable bonds is 1. The van der Waals surface area contributed by atoms with E-state index in [0.717, 1.165) is 0 Å². The zero-order valence-corrected chi connectivity index (χ0v) is 14.2. The smallest absolute Gasteiger partial charge is 0.337 e. The Morgan fingerprint density at radius 3 is 1.47 bits per heavy atom. The van der Waals surface area contributed by atoms with Crippen LogP contribution in [0, 0.1) is 0 Å². The largest absolute Gasteiger partial charge is 0.561 e. The van der Waals surface area contributed by atoms with Crippen molar-refractivity contribution in [3.05, 3.63) is 0 Å². The molecule has 1 radical (unpaired) electrons. The lowest BCUT2D eigenvalue weighted by Crippen LogP contribution is -2.89. The van der Waals surface area contributed by atoms with E-state index in [4.69, 9.17) is 0 Å². The van der Waals surface area contributed by atoms with Gasteiger partial charge in [0.15, 0.2) is 25.2 Å². The van der Waals surface area contributed by atoms with Crippen LogP contribution in [0.1, 0.15) is 0 Å². The molecule has 1 aliphatic heterocycles. The van der Waals surface area contributed by atoms with Gasteiger partial charge in [0.1, 0.15) is 0 Å². The van der Waals surface area contributed by atoms with E-state index < -0.39 is 34.8 Å². The molecule has 9 heteroatoms. The molecule has 0 amide bonds. The van der Waals surface area contributed by atoms with Crippen LogP contribution >= 0.6 is 0 Å². The molecule has 0 saturated carbocycles. The van der Waals surface area contributed by atoms with Crippen LogP contribution in [0.15, 0.2) is 0 Å². The molecule has 0 spiro atoms. The summed E-state index contributed by atoms with van der Waals surface area (Å²) in [6, 6.07) is 0. The number of nitrogens with zero attached hydrogens (tertiary/aromatic N) is 1. The second-order valence-electron chi connectivity index (χ2n) is 5.57. The third-order valence-corrected chi connectivity index (χ3v) is 22.7. The van der Waals surface area contributed by atoms with Crippen molar-refractivity contribution < 1.29 is 8.22 Å². The monoisotopic (exact) mass is 284 g/mol. The normalized spacial score (nSPS) is 29.4. The van der Waals surface area contributed by atoms with E-state index in [1.165, 1.54) is 0 Å². The van der Waals surface area contributed by atoms with Crippen molar-refractivity contribution in [1.82, 2.24) is 13.2 Å². The van der Waals surface area contributed by atoms with Crippen molar-refractivity contribution in [3.63, 3.8) is 0 Å². The molecule has 0 atom stereocenters. The Labute approximate surface area is 95.8 Å². The van der Waals surface area contributed by atoms with Gasteiger partial charge in [0.2, 0.25) is 0 Å². The van der Waals surface area contributed by atoms with E-state index in [-0.39, 0.29) is 0 Å². The third-order valence-electron chi connectivity index (χ3n) is 2.52. The summed E-state index contributed by atoms with van der Waals surface area (Å²) in [7, 11) is -9.26. The van der Waals surface area contributed by atoms with Gasteiger partial charge in [-0.25, -0.2) is 8.22 Å². The third kappa shape index (κ3) is 2.84. The molecule has 15 heavy (non-hydrogen) atoms. The van der Waals surface area contributed by atoms with Crippen molar-refractivity contribution in [3.8, 4) is 0 Å². The van der Waals surface area contributed by atoms with Crippen LogP contribution in [-0.2, 0) is 0 Å². The molecule has 1 aliphatic rings. The fraction of sp³-hybridized carbons (Fsp3) is 1.00. The van der Waals surface area contributed by atoms with Gasteiger partial charge in [-0.1, -0.05) is 0 Å². The first-order valence-electron chi connectivity index (χ1n) is 5.05. The fourth-order valence-electron chi connectivity index (χ4n) is 2.79. The van der Waals surface area contributed by atoms with Crippen LogP contribution in [0.25, 0.3) is 0 Å². The molecule has 1 fully saturated rings. The van der Waals surface area contributed by atoms with Crippen molar-refractivity contribution >= 4 is 34.8 Å². The summed E-state index contributed by atoms with van der Waals surface area (Å²) in [5.74, 6) is 0. The minimum Gasteiger partial charge on any atom is -0.337 e. The predicted octanol–water partition coefficient (Wildman–Crippen LogP) is 1.51. The standard InChI is InChI=1S/C6H20F2N3Si4/c1-13(2)9-14(3,4)11(12(7)8)15(5,6)10-13/h9-10H,1-6H3. The van der Waals surface area contributed by atoms with Gasteiger partial charge in [0, 0.05) is 0 Å². The summed E-state index contributed by atoms with van der Waals surface area (Å²) in [4.78, 5) is 0. The maximum atomic E-state index is 13.2. The molecule has 1 saturated heterocycles. The van der Waals surface area contributed by atoms with Crippen molar-refractivity contribution in [2.75, 3.05) is 0 Å². The van der Waals surface area contributed by atoms with Crippen molar-refractivity contribution in [2.24, 2.45) is 0 Å². The number of hydrogen-bond acceptors (Lipinski definition) is 3. The van der Waals surface area contributed by atoms with Gasteiger partial charge in [0.25, 0.3) is 0 Å². The second kappa shape index (κ2) is 3.82. The molecule has 3 nitrogen and oxygen atoms in total. The van der Waals surface area contributed by atoms with Gasteiger partial charge < -0.3 is 9.30 Å². The topological polar surface area (TPSA) is 27.3 Å². The Balaban J connectivity index is 3.07. The Morgan fingerprint density at radius 1 is 0.867 bits per heavy atom. The maximum Gasteiger partial charge on any atom is 0.561 e. The van der Waals surface area contributed by atoms with Gasteiger partial charge in [-0.15, -0.1) is 0 Å². The molecule has 0 bridgehead atoms. The van der Waals surface area contributed by atoms with Crippen molar-refractivity contribution in [1.29, 1.82) is 0 Å². The summed E-state index contributed by atoms with van der Waals surface area (Å²) in [6.07, 6.45) is 0. The highest BCUT2D eigenvalue weighted by molar-refractivity contribution is 7.08. The van der Waals surface area contributed by atoms with Crippen LogP contribution in [0.4, 0.5) is 8.22 Å². The molecule has 1 rings (SSSR count). The molecule has 0 aromatic carbocycles. The Kier molecular flexibility index (Phi) is 3.48. The lowest BCUT2D eigenvalue weighted by molar-refractivity contribution is 0.571. The average Bonchev–Trinajstić information content (AvgIpc) is 1.71. The highest BCUT2D eigenvalue weighted by Gasteiger charge is 2.55. The van der Waals surface area contributed by atoms with E-state index >= 15 is 0 Å². The zero-order valence-electron chi connectivity index (χ0n) is 10.2. The molecule has 0 aromatic heterocycles. The lowest BCUT2D eigenvalue weighted by atomic mass is 11.9. The minimum absolute atomic E-state index is 1.56. The molecule has 2 N–H and O–H groups in total. The Morgan fingerprint density at radius 2 is 1.20 bits per heavy atom. The molecule has 89 valence electrons. The van der Waals surface area contributed by atoms with E-state index in [1.807, 2.05) is 26.2 Å². The van der Waals surface area contributed by atoms with Gasteiger partial charge in [-0.2, -0.15) is 0 Å². The van der Waals surface area contributed by atoms with Gasteiger partial charge in [-0.3, -0.25) is 3.90 Å². The minimum atomic E-state index is -3.34. The predicted molar refractivity (Wildman–Crippen MR) is 68.5 cm³/mol. The van der Waals surface area contributed by atoms with Gasteiger partial charge in [-0.05, 0) is 39.3 Å². The summed E-state index contributed by atoms with van der Waals surface area (Å²) in [5, 5.41) is 0. The van der Waals surface area contributed by atoms with E-state index in [9.17, 15) is 8.22 Å². The molecular formula is C6H20F2N3Si4. The first-order chi connectivity index (χ1) is 6.48. The SMILES string of the molecule is C[Si]1(C)N[Si](C)(C)N([Si](F)F)[Si](C)(C)N1. The van der Waals surface area contributed by atoms with Crippen molar-refractivity contribution in [2.45, 2.75) is 39.3 Å². The summed E-state index contributed by atoms with van der Waals surface area (Å²) < 4.78 is 34.9. The maximum absolute atomic E-state index is 13.2.